The zero-order valence-electron chi connectivity index (χ0n) is 28.0. The quantitative estimate of drug-likeness (QED) is 0.177. The first-order valence-electron chi connectivity index (χ1n) is 17.1. The van der Waals surface area contributed by atoms with Crippen molar-refractivity contribution in [2.75, 3.05) is 0 Å². The molecule has 0 N–H and O–H groups in total. The lowest BCUT2D eigenvalue weighted by atomic mass is 9.83. The molecule has 0 amide bonds. The summed E-state index contributed by atoms with van der Waals surface area (Å²) in [4.78, 5) is 0. The van der Waals surface area contributed by atoms with Crippen molar-refractivity contribution in [3.63, 3.8) is 0 Å². The first-order valence-corrected chi connectivity index (χ1v) is 17.1. The van der Waals surface area contributed by atoms with E-state index in [1.54, 1.807) is 0 Å². The average molecular weight is 629 g/mol. The summed E-state index contributed by atoms with van der Waals surface area (Å²) in [6.07, 6.45) is 0. The van der Waals surface area contributed by atoms with Crippen LogP contribution in [0.2, 0.25) is 0 Å². The maximum atomic E-state index is 6.43. The smallest absolute Gasteiger partial charge is 0.143 e. The minimum atomic E-state index is 0.0964. The summed E-state index contributed by atoms with van der Waals surface area (Å²) in [5.41, 5.74) is 12.9. The fourth-order valence-corrected chi connectivity index (χ4v) is 7.56. The van der Waals surface area contributed by atoms with E-state index >= 15 is 0 Å². The second-order valence-corrected chi connectivity index (χ2v) is 14.1. The van der Waals surface area contributed by atoms with Crippen LogP contribution in [0.25, 0.3) is 88.0 Å². The molecule has 1 heteroatoms. The number of para-hydroxylation sites is 2. The van der Waals surface area contributed by atoms with Gasteiger partial charge >= 0.3 is 0 Å². The van der Waals surface area contributed by atoms with Gasteiger partial charge in [0.1, 0.15) is 11.2 Å². The normalized spacial score (nSPS) is 12.0. The lowest BCUT2D eigenvalue weighted by Gasteiger charge is -2.21. The van der Waals surface area contributed by atoms with Crippen molar-refractivity contribution in [3.8, 4) is 44.5 Å². The second kappa shape index (κ2) is 11.4. The Balaban J connectivity index is 1.27. The molecule has 0 atom stereocenters. The van der Waals surface area contributed by atoms with E-state index in [-0.39, 0.29) is 5.41 Å². The van der Waals surface area contributed by atoms with Crippen molar-refractivity contribution in [1.29, 1.82) is 0 Å². The Bertz CT molecular complexity index is 2670. The van der Waals surface area contributed by atoms with E-state index in [1.807, 2.05) is 12.1 Å². The van der Waals surface area contributed by atoms with E-state index in [0.717, 1.165) is 33.1 Å². The van der Waals surface area contributed by atoms with Gasteiger partial charge in [-0.15, -0.1) is 0 Å². The number of hydrogen-bond acceptors (Lipinski definition) is 1. The largest absolute Gasteiger partial charge is 0.455 e. The van der Waals surface area contributed by atoms with E-state index in [4.69, 9.17) is 4.42 Å². The second-order valence-electron chi connectivity index (χ2n) is 14.1. The van der Waals surface area contributed by atoms with Crippen LogP contribution in [0.1, 0.15) is 26.3 Å². The molecular weight excluding hydrogens is 593 g/mol. The Kier molecular flexibility index (Phi) is 6.78. The van der Waals surface area contributed by atoms with Crippen molar-refractivity contribution < 1.29 is 4.42 Å². The molecule has 1 nitrogen and oxygen atoms in total. The van der Waals surface area contributed by atoms with Crippen LogP contribution in [0.3, 0.4) is 0 Å². The SMILES string of the molecule is CC(C)(C)c1ccc(-c2c3ccccc3c(-c3ccccc3)c3cc(-c4cccc(-c5cccc6c5oc5ccccc56)c4)ccc23)cc1. The average Bonchev–Trinajstić information content (AvgIpc) is 3.53. The molecular formula is C48H36O. The molecule has 0 spiro atoms. The van der Waals surface area contributed by atoms with Gasteiger partial charge in [-0.2, -0.15) is 0 Å². The molecule has 0 saturated carbocycles. The zero-order valence-corrected chi connectivity index (χ0v) is 28.0. The van der Waals surface area contributed by atoms with Crippen LogP contribution >= 0.6 is 0 Å². The van der Waals surface area contributed by atoms with Gasteiger partial charge < -0.3 is 4.42 Å². The lowest BCUT2D eigenvalue weighted by molar-refractivity contribution is 0.590. The molecule has 0 fully saturated rings. The van der Waals surface area contributed by atoms with Gasteiger partial charge in [0.2, 0.25) is 0 Å². The van der Waals surface area contributed by atoms with Crippen molar-refractivity contribution >= 4 is 43.5 Å². The molecule has 1 aromatic heterocycles. The highest BCUT2D eigenvalue weighted by atomic mass is 16.3. The monoisotopic (exact) mass is 628 g/mol. The third-order valence-electron chi connectivity index (χ3n) is 10.0. The Morgan fingerprint density at radius 3 is 1.65 bits per heavy atom. The highest BCUT2D eigenvalue weighted by Crippen LogP contribution is 2.45. The predicted octanol–water partition coefficient (Wildman–Crippen LogP) is 13.9. The molecule has 0 aliphatic heterocycles. The van der Waals surface area contributed by atoms with Crippen molar-refractivity contribution in [1.82, 2.24) is 0 Å². The molecule has 0 bridgehead atoms. The van der Waals surface area contributed by atoms with Gasteiger partial charge in [-0.1, -0.05) is 166 Å². The molecule has 49 heavy (non-hydrogen) atoms. The van der Waals surface area contributed by atoms with Gasteiger partial charge in [-0.05, 0) is 89.7 Å². The summed E-state index contributed by atoms with van der Waals surface area (Å²) in [5.74, 6) is 0. The van der Waals surface area contributed by atoms with Crippen LogP contribution in [0.4, 0.5) is 0 Å². The van der Waals surface area contributed by atoms with Crippen molar-refractivity contribution in [3.05, 3.63) is 169 Å². The molecule has 0 radical (unpaired) electrons. The number of rotatable bonds is 4. The molecule has 1 heterocycles. The first-order chi connectivity index (χ1) is 23.9. The van der Waals surface area contributed by atoms with Crippen LogP contribution in [0, 0.1) is 0 Å². The Labute approximate surface area is 287 Å². The van der Waals surface area contributed by atoms with Crippen LogP contribution in [0.15, 0.2) is 168 Å². The molecule has 8 aromatic carbocycles. The van der Waals surface area contributed by atoms with Crippen LogP contribution in [0.5, 0.6) is 0 Å². The summed E-state index contributed by atoms with van der Waals surface area (Å²) >= 11 is 0. The minimum Gasteiger partial charge on any atom is -0.455 e. The summed E-state index contributed by atoms with van der Waals surface area (Å²) in [6.45, 7) is 6.82. The molecule has 0 saturated heterocycles. The number of hydrogen-bond donors (Lipinski definition) is 0. The topological polar surface area (TPSA) is 13.1 Å². The third-order valence-corrected chi connectivity index (χ3v) is 10.0. The summed E-state index contributed by atoms with van der Waals surface area (Å²) in [5, 5.41) is 7.33. The summed E-state index contributed by atoms with van der Waals surface area (Å²) in [7, 11) is 0. The third kappa shape index (κ3) is 4.93. The van der Waals surface area contributed by atoms with Crippen LogP contribution in [-0.4, -0.2) is 0 Å². The molecule has 0 unspecified atom stereocenters. The van der Waals surface area contributed by atoms with Gasteiger partial charge in [-0.3, -0.25) is 0 Å². The maximum absolute atomic E-state index is 6.43. The Morgan fingerprint density at radius 2 is 0.898 bits per heavy atom. The van der Waals surface area contributed by atoms with E-state index in [9.17, 15) is 0 Å². The predicted molar refractivity (Wildman–Crippen MR) is 209 cm³/mol. The van der Waals surface area contributed by atoms with Crippen molar-refractivity contribution in [2.45, 2.75) is 26.2 Å². The van der Waals surface area contributed by atoms with Gasteiger partial charge in [0.25, 0.3) is 0 Å². The van der Waals surface area contributed by atoms with Gasteiger partial charge in [0.05, 0.1) is 0 Å². The van der Waals surface area contributed by atoms with Gasteiger partial charge in [0, 0.05) is 16.3 Å². The molecule has 234 valence electrons. The van der Waals surface area contributed by atoms with Crippen LogP contribution in [-0.2, 0) is 5.41 Å². The Hall–Kier alpha value is -5.92. The molecule has 0 aliphatic rings. The standard InChI is InChI=1S/C48H36O/c1-48(2,3)36-26-23-32(24-27-36)45-39-18-7-8-19-40(39)46(31-13-5-4-6-14-31)43-30-34(25-28-41(43)45)33-15-11-16-35(29-33)37-20-12-21-42-38-17-9-10-22-44(38)49-47(37)42/h4-30H,1-3H3. The number of fused-ring (bicyclic) bond motifs is 5. The van der Waals surface area contributed by atoms with E-state index in [1.165, 1.54) is 60.5 Å². The van der Waals surface area contributed by atoms with Crippen molar-refractivity contribution in [2.24, 2.45) is 0 Å². The molecule has 9 rings (SSSR count). The minimum absolute atomic E-state index is 0.0964. The van der Waals surface area contributed by atoms with Gasteiger partial charge in [0.15, 0.2) is 0 Å². The highest BCUT2D eigenvalue weighted by molar-refractivity contribution is 6.22. The summed E-state index contributed by atoms with van der Waals surface area (Å²) in [6, 6.07) is 59.6. The first kappa shape index (κ1) is 29.2. The van der Waals surface area contributed by atoms with E-state index < -0.39 is 0 Å². The van der Waals surface area contributed by atoms with Crippen LogP contribution < -0.4 is 0 Å². The fraction of sp³-hybridized carbons (Fsp3) is 0.0833. The van der Waals surface area contributed by atoms with E-state index in [2.05, 4.69) is 172 Å². The number of furan rings is 1. The lowest BCUT2D eigenvalue weighted by Crippen LogP contribution is -2.10. The highest BCUT2D eigenvalue weighted by Gasteiger charge is 2.19. The van der Waals surface area contributed by atoms with E-state index in [0.29, 0.717) is 0 Å². The summed E-state index contributed by atoms with van der Waals surface area (Å²) < 4.78 is 6.43. The molecule has 9 aromatic rings. The maximum Gasteiger partial charge on any atom is 0.143 e. The fourth-order valence-electron chi connectivity index (χ4n) is 7.56. The molecule has 0 aliphatic carbocycles. The number of benzene rings is 8. The zero-order chi connectivity index (χ0) is 33.1. The van der Waals surface area contributed by atoms with Gasteiger partial charge in [-0.25, -0.2) is 0 Å². The Morgan fingerprint density at radius 1 is 0.367 bits per heavy atom.